The van der Waals surface area contributed by atoms with E-state index in [4.69, 9.17) is 5.73 Å². The van der Waals surface area contributed by atoms with Crippen LogP contribution in [0, 0.1) is 0 Å². The number of hydrogen-bond acceptors (Lipinski definition) is 2. The SMILES string of the molecule is CCC(O)C(N)c1ccccc1. The number of hydrogen-bond donors (Lipinski definition) is 2. The molecule has 66 valence electrons. The first-order valence-corrected chi connectivity index (χ1v) is 4.24. The van der Waals surface area contributed by atoms with Crippen molar-refractivity contribution in [2.45, 2.75) is 25.5 Å². The first-order chi connectivity index (χ1) is 5.75. The lowest BCUT2D eigenvalue weighted by molar-refractivity contribution is 0.140. The molecule has 1 aromatic rings. The lowest BCUT2D eigenvalue weighted by atomic mass is 10.0. The Balaban J connectivity index is 2.71. The van der Waals surface area contributed by atoms with Gasteiger partial charge in [-0.15, -0.1) is 0 Å². The van der Waals surface area contributed by atoms with E-state index >= 15 is 0 Å². The van der Waals surface area contributed by atoms with Gasteiger partial charge in [-0.2, -0.15) is 0 Å². The Morgan fingerprint density at radius 2 is 1.92 bits per heavy atom. The maximum Gasteiger partial charge on any atom is 0.0730 e. The molecule has 0 heterocycles. The summed E-state index contributed by atoms with van der Waals surface area (Å²) in [5, 5.41) is 9.45. The number of rotatable bonds is 3. The second-order valence-electron chi connectivity index (χ2n) is 2.91. The van der Waals surface area contributed by atoms with Crippen molar-refractivity contribution in [1.29, 1.82) is 0 Å². The molecule has 0 saturated carbocycles. The third kappa shape index (κ3) is 2.06. The highest BCUT2D eigenvalue weighted by molar-refractivity contribution is 5.19. The van der Waals surface area contributed by atoms with Crippen molar-refractivity contribution in [3.63, 3.8) is 0 Å². The summed E-state index contributed by atoms with van der Waals surface area (Å²) in [7, 11) is 0. The fourth-order valence-electron chi connectivity index (χ4n) is 1.15. The molecule has 0 saturated heterocycles. The molecule has 2 atom stereocenters. The molecule has 0 aromatic heterocycles. The molecule has 12 heavy (non-hydrogen) atoms. The minimum atomic E-state index is -0.438. The van der Waals surface area contributed by atoms with Crippen molar-refractivity contribution >= 4 is 0 Å². The van der Waals surface area contributed by atoms with Gasteiger partial charge in [0.25, 0.3) is 0 Å². The summed E-state index contributed by atoms with van der Waals surface area (Å²) < 4.78 is 0. The molecule has 0 bridgehead atoms. The van der Waals surface area contributed by atoms with Crippen LogP contribution in [0.5, 0.6) is 0 Å². The van der Waals surface area contributed by atoms with Gasteiger partial charge in [0.1, 0.15) is 0 Å². The Morgan fingerprint density at radius 1 is 1.33 bits per heavy atom. The van der Waals surface area contributed by atoms with Gasteiger partial charge in [0.2, 0.25) is 0 Å². The largest absolute Gasteiger partial charge is 0.391 e. The molecule has 0 spiro atoms. The van der Waals surface area contributed by atoms with E-state index < -0.39 is 6.10 Å². The summed E-state index contributed by atoms with van der Waals surface area (Å²) in [5.41, 5.74) is 6.79. The van der Waals surface area contributed by atoms with E-state index in [0.29, 0.717) is 6.42 Å². The number of nitrogens with two attached hydrogens (primary N) is 1. The standard InChI is InChI=1S/C10H15NO/c1-2-9(12)10(11)8-6-4-3-5-7-8/h3-7,9-10,12H,2,11H2,1H3. The first-order valence-electron chi connectivity index (χ1n) is 4.24. The predicted molar refractivity (Wildman–Crippen MR) is 49.7 cm³/mol. The lowest BCUT2D eigenvalue weighted by Gasteiger charge is -2.17. The fourth-order valence-corrected chi connectivity index (χ4v) is 1.15. The first kappa shape index (κ1) is 9.23. The van der Waals surface area contributed by atoms with Gasteiger partial charge >= 0.3 is 0 Å². The van der Waals surface area contributed by atoms with Crippen LogP contribution < -0.4 is 5.73 Å². The number of aliphatic hydroxyl groups is 1. The molecule has 2 nitrogen and oxygen atoms in total. The third-order valence-electron chi connectivity index (χ3n) is 2.02. The van der Waals surface area contributed by atoms with Gasteiger partial charge in [-0.05, 0) is 12.0 Å². The Morgan fingerprint density at radius 3 is 2.42 bits per heavy atom. The maximum absolute atomic E-state index is 9.45. The van der Waals surface area contributed by atoms with Crippen molar-refractivity contribution < 1.29 is 5.11 Å². The van der Waals surface area contributed by atoms with Gasteiger partial charge < -0.3 is 10.8 Å². The molecular weight excluding hydrogens is 150 g/mol. The molecular formula is C10H15NO. The number of benzene rings is 1. The van der Waals surface area contributed by atoms with Crippen LogP contribution in [0.4, 0.5) is 0 Å². The van der Waals surface area contributed by atoms with Crippen molar-refractivity contribution in [3.8, 4) is 0 Å². The summed E-state index contributed by atoms with van der Waals surface area (Å²) in [6.45, 7) is 1.92. The van der Waals surface area contributed by atoms with Crippen LogP contribution in [0.3, 0.4) is 0 Å². The molecule has 0 aliphatic carbocycles. The van der Waals surface area contributed by atoms with Crippen molar-refractivity contribution in [3.05, 3.63) is 35.9 Å². The van der Waals surface area contributed by atoms with Gasteiger partial charge in [-0.3, -0.25) is 0 Å². The van der Waals surface area contributed by atoms with Crippen LogP contribution in [0.15, 0.2) is 30.3 Å². The van der Waals surface area contributed by atoms with E-state index in [1.54, 1.807) is 0 Å². The highest BCUT2D eigenvalue weighted by atomic mass is 16.3. The molecule has 0 aliphatic rings. The van der Waals surface area contributed by atoms with Gasteiger partial charge in [-0.1, -0.05) is 37.3 Å². The summed E-state index contributed by atoms with van der Waals surface area (Å²) in [5.74, 6) is 0. The van der Waals surface area contributed by atoms with Crippen LogP contribution in [0.2, 0.25) is 0 Å². The van der Waals surface area contributed by atoms with Crippen LogP contribution in [0.25, 0.3) is 0 Å². The van der Waals surface area contributed by atoms with E-state index in [9.17, 15) is 5.11 Å². The van der Waals surface area contributed by atoms with E-state index in [0.717, 1.165) is 5.56 Å². The van der Waals surface area contributed by atoms with E-state index in [1.807, 2.05) is 37.3 Å². The zero-order valence-corrected chi connectivity index (χ0v) is 7.27. The Hall–Kier alpha value is -0.860. The smallest absolute Gasteiger partial charge is 0.0730 e. The molecule has 1 rings (SSSR count). The highest BCUT2D eigenvalue weighted by Gasteiger charge is 2.13. The van der Waals surface area contributed by atoms with Crippen LogP contribution >= 0.6 is 0 Å². The average Bonchev–Trinajstić information content (AvgIpc) is 2.17. The van der Waals surface area contributed by atoms with E-state index in [2.05, 4.69) is 0 Å². The Bertz CT molecular complexity index is 223. The topological polar surface area (TPSA) is 46.2 Å². The monoisotopic (exact) mass is 165 g/mol. The Labute approximate surface area is 73.0 Å². The molecule has 0 amide bonds. The van der Waals surface area contributed by atoms with E-state index in [-0.39, 0.29) is 6.04 Å². The summed E-state index contributed by atoms with van der Waals surface area (Å²) in [6, 6.07) is 9.41. The molecule has 1 aromatic carbocycles. The zero-order valence-electron chi connectivity index (χ0n) is 7.27. The quantitative estimate of drug-likeness (QED) is 0.712. The molecule has 0 radical (unpaired) electrons. The third-order valence-corrected chi connectivity index (χ3v) is 2.02. The van der Waals surface area contributed by atoms with Crippen LogP contribution in [0.1, 0.15) is 24.9 Å². The molecule has 2 heteroatoms. The van der Waals surface area contributed by atoms with Gasteiger partial charge in [0.05, 0.1) is 12.1 Å². The Kier molecular flexibility index (Phi) is 3.26. The molecule has 2 unspecified atom stereocenters. The fraction of sp³-hybridized carbons (Fsp3) is 0.400. The van der Waals surface area contributed by atoms with E-state index in [1.165, 1.54) is 0 Å². The van der Waals surface area contributed by atoms with Crippen LogP contribution in [-0.4, -0.2) is 11.2 Å². The number of aliphatic hydroxyl groups excluding tert-OH is 1. The second-order valence-corrected chi connectivity index (χ2v) is 2.91. The summed E-state index contributed by atoms with van der Waals surface area (Å²) in [6.07, 6.45) is 0.253. The second kappa shape index (κ2) is 4.24. The predicted octanol–water partition coefficient (Wildman–Crippen LogP) is 1.46. The molecule has 0 aliphatic heterocycles. The highest BCUT2D eigenvalue weighted by Crippen LogP contribution is 2.15. The summed E-state index contributed by atoms with van der Waals surface area (Å²) in [4.78, 5) is 0. The van der Waals surface area contributed by atoms with Crippen molar-refractivity contribution in [1.82, 2.24) is 0 Å². The zero-order chi connectivity index (χ0) is 8.97. The normalized spacial score (nSPS) is 15.6. The average molecular weight is 165 g/mol. The van der Waals surface area contributed by atoms with Crippen molar-refractivity contribution in [2.75, 3.05) is 0 Å². The minimum Gasteiger partial charge on any atom is -0.391 e. The minimum absolute atomic E-state index is 0.254. The van der Waals surface area contributed by atoms with Gasteiger partial charge in [0.15, 0.2) is 0 Å². The molecule has 3 N–H and O–H groups in total. The van der Waals surface area contributed by atoms with Gasteiger partial charge in [-0.25, -0.2) is 0 Å². The van der Waals surface area contributed by atoms with Crippen molar-refractivity contribution in [2.24, 2.45) is 5.73 Å². The van der Waals surface area contributed by atoms with Gasteiger partial charge in [0, 0.05) is 0 Å². The maximum atomic E-state index is 9.45. The molecule has 0 fully saturated rings. The van der Waals surface area contributed by atoms with Crippen LogP contribution in [-0.2, 0) is 0 Å². The lowest BCUT2D eigenvalue weighted by Crippen LogP contribution is -2.25. The summed E-state index contributed by atoms with van der Waals surface area (Å²) >= 11 is 0.